The maximum Gasteiger partial charge on any atom is 0.123 e. The average molecular weight is 274 g/mol. The minimum absolute atomic E-state index is 0.729. The van der Waals surface area contributed by atoms with E-state index in [0.29, 0.717) is 0 Å². The van der Waals surface area contributed by atoms with Crippen LogP contribution in [0.2, 0.25) is 0 Å². The van der Waals surface area contributed by atoms with E-state index in [2.05, 4.69) is 34.3 Å². The summed E-state index contributed by atoms with van der Waals surface area (Å²) in [6, 6.07) is 12.3. The van der Waals surface area contributed by atoms with Crippen LogP contribution in [0.1, 0.15) is 11.3 Å². The van der Waals surface area contributed by atoms with Crippen molar-refractivity contribution in [3.05, 3.63) is 53.9 Å². The first-order valence-electron chi connectivity index (χ1n) is 6.80. The summed E-state index contributed by atoms with van der Waals surface area (Å²) in [4.78, 5) is 0. The van der Waals surface area contributed by atoms with Crippen LogP contribution in [0.5, 0.6) is 5.75 Å². The molecule has 0 atom stereocenters. The van der Waals surface area contributed by atoms with Crippen molar-refractivity contribution in [3.8, 4) is 5.75 Å². The number of benzene rings is 1. The number of para-hydroxylation sites is 1. The van der Waals surface area contributed by atoms with Crippen LogP contribution >= 0.6 is 0 Å². The molecule has 0 saturated heterocycles. The lowest BCUT2D eigenvalue weighted by molar-refractivity contribution is 0.199. The van der Waals surface area contributed by atoms with Crippen LogP contribution in [-0.4, -0.2) is 31.9 Å². The normalized spacial score (nSPS) is 10.7. The van der Waals surface area contributed by atoms with Crippen LogP contribution in [0.3, 0.4) is 0 Å². The van der Waals surface area contributed by atoms with Gasteiger partial charge in [-0.05, 0) is 18.2 Å². The third-order valence-electron chi connectivity index (χ3n) is 3.25. The number of ether oxygens (including phenoxy) is 2. The van der Waals surface area contributed by atoms with Crippen LogP contribution in [0.15, 0.2) is 42.6 Å². The van der Waals surface area contributed by atoms with E-state index in [1.165, 1.54) is 11.3 Å². The molecule has 0 radical (unpaired) electrons. The Balaban J connectivity index is 2.01. The zero-order valence-corrected chi connectivity index (χ0v) is 12.1. The van der Waals surface area contributed by atoms with Crippen molar-refractivity contribution in [1.29, 1.82) is 0 Å². The molecule has 0 fully saturated rings. The highest BCUT2D eigenvalue weighted by molar-refractivity contribution is 5.33. The summed E-state index contributed by atoms with van der Waals surface area (Å²) in [7, 11) is 3.42. The molecule has 0 aliphatic carbocycles. The van der Waals surface area contributed by atoms with Crippen molar-refractivity contribution in [2.24, 2.45) is 0 Å². The standard InChI is InChI=1S/C16H22N2O2/c1-19-11-9-17-12-15-7-5-10-18(15)13-14-6-3-4-8-16(14)20-2/h3-8,10,17H,9,11-13H2,1-2H3. The van der Waals surface area contributed by atoms with Gasteiger partial charge >= 0.3 is 0 Å². The zero-order valence-electron chi connectivity index (χ0n) is 12.1. The molecule has 1 aromatic heterocycles. The highest BCUT2D eigenvalue weighted by Gasteiger charge is 2.05. The van der Waals surface area contributed by atoms with Crippen molar-refractivity contribution in [2.45, 2.75) is 13.1 Å². The Hall–Kier alpha value is -1.78. The third-order valence-corrected chi connectivity index (χ3v) is 3.25. The van der Waals surface area contributed by atoms with Gasteiger partial charge in [0.1, 0.15) is 5.75 Å². The fourth-order valence-corrected chi connectivity index (χ4v) is 2.17. The number of hydrogen-bond acceptors (Lipinski definition) is 3. The first-order chi connectivity index (χ1) is 9.85. The summed E-state index contributed by atoms with van der Waals surface area (Å²) < 4.78 is 12.7. The molecule has 0 amide bonds. The fourth-order valence-electron chi connectivity index (χ4n) is 2.17. The zero-order chi connectivity index (χ0) is 14.2. The van der Waals surface area contributed by atoms with E-state index in [1.54, 1.807) is 14.2 Å². The van der Waals surface area contributed by atoms with Gasteiger partial charge < -0.3 is 19.4 Å². The van der Waals surface area contributed by atoms with Crippen LogP contribution in [0.4, 0.5) is 0 Å². The van der Waals surface area contributed by atoms with Gasteiger partial charge in [0.2, 0.25) is 0 Å². The highest BCUT2D eigenvalue weighted by Crippen LogP contribution is 2.19. The minimum Gasteiger partial charge on any atom is -0.496 e. The Morgan fingerprint density at radius 1 is 1.10 bits per heavy atom. The minimum atomic E-state index is 0.729. The SMILES string of the molecule is COCCNCc1cccn1Cc1ccccc1OC. The molecule has 108 valence electrons. The van der Waals surface area contributed by atoms with Gasteiger partial charge in [0, 0.05) is 37.7 Å². The number of methoxy groups -OCH3 is 2. The van der Waals surface area contributed by atoms with Gasteiger partial charge in [-0.1, -0.05) is 18.2 Å². The van der Waals surface area contributed by atoms with E-state index in [0.717, 1.165) is 32.0 Å². The molecule has 1 N–H and O–H groups in total. The lowest BCUT2D eigenvalue weighted by atomic mass is 10.2. The summed E-state index contributed by atoms with van der Waals surface area (Å²) >= 11 is 0. The molecule has 2 rings (SSSR count). The Labute approximate surface area is 120 Å². The van der Waals surface area contributed by atoms with E-state index in [9.17, 15) is 0 Å². The summed E-state index contributed by atoms with van der Waals surface area (Å²) in [5.74, 6) is 0.930. The monoisotopic (exact) mass is 274 g/mol. The van der Waals surface area contributed by atoms with Gasteiger partial charge in [-0.3, -0.25) is 0 Å². The van der Waals surface area contributed by atoms with Gasteiger partial charge in [-0.25, -0.2) is 0 Å². The lowest BCUT2D eigenvalue weighted by Crippen LogP contribution is -2.20. The molecule has 2 aromatic rings. The van der Waals surface area contributed by atoms with Crippen LogP contribution in [-0.2, 0) is 17.8 Å². The van der Waals surface area contributed by atoms with Crippen LogP contribution < -0.4 is 10.1 Å². The molecule has 1 aromatic carbocycles. The van der Waals surface area contributed by atoms with Crippen molar-refractivity contribution in [2.75, 3.05) is 27.4 Å². The first kappa shape index (κ1) is 14.6. The van der Waals surface area contributed by atoms with E-state index < -0.39 is 0 Å². The van der Waals surface area contributed by atoms with Gasteiger partial charge in [0.05, 0.1) is 20.3 Å². The van der Waals surface area contributed by atoms with Gasteiger partial charge in [0.15, 0.2) is 0 Å². The Kier molecular flexibility index (Phi) is 5.65. The van der Waals surface area contributed by atoms with Gasteiger partial charge in [-0.2, -0.15) is 0 Å². The summed E-state index contributed by atoms with van der Waals surface area (Å²) in [5, 5.41) is 3.37. The number of hydrogen-bond donors (Lipinski definition) is 1. The van der Waals surface area contributed by atoms with Gasteiger partial charge in [-0.15, -0.1) is 0 Å². The second-order valence-electron chi connectivity index (χ2n) is 4.61. The molecular formula is C16H22N2O2. The fraction of sp³-hybridized carbons (Fsp3) is 0.375. The topological polar surface area (TPSA) is 35.4 Å². The molecule has 4 nitrogen and oxygen atoms in total. The van der Waals surface area contributed by atoms with Crippen molar-refractivity contribution >= 4 is 0 Å². The molecule has 0 aliphatic heterocycles. The van der Waals surface area contributed by atoms with Crippen molar-refractivity contribution in [1.82, 2.24) is 9.88 Å². The van der Waals surface area contributed by atoms with E-state index in [4.69, 9.17) is 9.47 Å². The molecular weight excluding hydrogens is 252 g/mol. The summed E-state index contributed by atoms with van der Waals surface area (Å²) in [5.41, 5.74) is 2.44. The smallest absolute Gasteiger partial charge is 0.123 e. The number of nitrogens with zero attached hydrogens (tertiary/aromatic N) is 1. The highest BCUT2D eigenvalue weighted by atomic mass is 16.5. The predicted molar refractivity (Wildman–Crippen MR) is 80.1 cm³/mol. The average Bonchev–Trinajstić information content (AvgIpc) is 2.91. The maximum absolute atomic E-state index is 5.40. The molecule has 4 heteroatoms. The molecule has 0 aliphatic rings. The molecule has 0 unspecified atom stereocenters. The number of aromatic nitrogens is 1. The first-order valence-corrected chi connectivity index (χ1v) is 6.80. The molecule has 20 heavy (non-hydrogen) atoms. The maximum atomic E-state index is 5.40. The van der Waals surface area contributed by atoms with Crippen molar-refractivity contribution < 1.29 is 9.47 Å². The predicted octanol–water partition coefficient (Wildman–Crippen LogP) is 2.28. The van der Waals surface area contributed by atoms with E-state index >= 15 is 0 Å². The van der Waals surface area contributed by atoms with E-state index in [1.807, 2.05) is 18.2 Å². The quantitative estimate of drug-likeness (QED) is 0.750. The Morgan fingerprint density at radius 3 is 2.75 bits per heavy atom. The lowest BCUT2D eigenvalue weighted by Gasteiger charge is -2.13. The largest absolute Gasteiger partial charge is 0.496 e. The summed E-state index contributed by atoms with van der Waals surface area (Å²) in [6.45, 7) is 3.24. The van der Waals surface area contributed by atoms with Crippen LogP contribution in [0.25, 0.3) is 0 Å². The summed E-state index contributed by atoms with van der Waals surface area (Å²) in [6.07, 6.45) is 2.10. The Morgan fingerprint density at radius 2 is 1.95 bits per heavy atom. The second kappa shape index (κ2) is 7.72. The second-order valence-corrected chi connectivity index (χ2v) is 4.61. The molecule has 0 bridgehead atoms. The molecule has 0 saturated carbocycles. The third kappa shape index (κ3) is 3.85. The van der Waals surface area contributed by atoms with E-state index in [-0.39, 0.29) is 0 Å². The van der Waals surface area contributed by atoms with Crippen molar-refractivity contribution in [3.63, 3.8) is 0 Å². The van der Waals surface area contributed by atoms with Crippen LogP contribution in [0, 0.1) is 0 Å². The number of rotatable bonds is 8. The van der Waals surface area contributed by atoms with Gasteiger partial charge in [0.25, 0.3) is 0 Å². The number of nitrogens with one attached hydrogen (secondary N) is 1. The Bertz CT molecular complexity index is 523. The molecule has 1 heterocycles. The molecule has 0 spiro atoms.